The molecule has 6 heteroatoms. The largest absolute Gasteiger partial charge is 0.370 e. The van der Waals surface area contributed by atoms with E-state index in [4.69, 9.17) is 0 Å². The molecule has 0 amide bonds. The smallest absolute Gasteiger partial charge is 0.137 e. The summed E-state index contributed by atoms with van der Waals surface area (Å²) in [4.78, 5) is 8.69. The summed E-state index contributed by atoms with van der Waals surface area (Å²) in [5.74, 6) is 0.837. The fourth-order valence-electron chi connectivity index (χ4n) is 1.99. The molecule has 0 bridgehead atoms. The van der Waals surface area contributed by atoms with Crippen LogP contribution in [0.2, 0.25) is 0 Å². The molecular formula is C12H14N6. The van der Waals surface area contributed by atoms with E-state index in [1.165, 1.54) is 0 Å². The van der Waals surface area contributed by atoms with Gasteiger partial charge in [-0.15, -0.1) is 0 Å². The minimum atomic E-state index is 0.818. The van der Waals surface area contributed by atoms with E-state index in [2.05, 4.69) is 25.5 Å². The highest BCUT2D eigenvalue weighted by Gasteiger charge is 2.14. The molecule has 0 saturated carbocycles. The van der Waals surface area contributed by atoms with Gasteiger partial charge in [0.05, 0.1) is 17.2 Å². The van der Waals surface area contributed by atoms with E-state index >= 15 is 0 Å². The first-order valence-corrected chi connectivity index (χ1v) is 5.85. The number of H-pyrrole nitrogens is 1. The molecule has 3 aromatic heterocycles. The van der Waals surface area contributed by atoms with Crippen LogP contribution in [0.3, 0.4) is 0 Å². The molecule has 0 aromatic carbocycles. The number of aromatic nitrogens is 5. The second-order valence-corrected chi connectivity index (χ2v) is 4.11. The van der Waals surface area contributed by atoms with Crippen molar-refractivity contribution in [3.05, 3.63) is 24.8 Å². The van der Waals surface area contributed by atoms with Gasteiger partial charge in [0.2, 0.25) is 0 Å². The lowest BCUT2D eigenvalue weighted by Gasteiger charge is -2.03. The maximum absolute atomic E-state index is 4.36. The summed E-state index contributed by atoms with van der Waals surface area (Å²) in [6.45, 7) is 2.86. The normalized spacial score (nSPS) is 11.0. The molecule has 0 aliphatic carbocycles. The predicted molar refractivity (Wildman–Crippen MR) is 70.3 cm³/mol. The Morgan fingerprint density at radius 3 is 3.00 bits per heavy atom. The van der Waals surface area contributed by atoms with Crippen molar-refractivity contribution in [1.82, 2.24) is 24.7 Å². The van der Waals surface area contributed by atoms with Gasteiger partial charge in [0.25, 0.3) is 0 Å². The second kappa shape index (κ2) is 4.14. The maximum atomic E-state index is 4.36. The van der Waals surface area contributed by atoms with Gasteiger partial charge in [-0.05, 0) is 13.0 Å². The molecule has 3 aromatic rings. The number of rotatable bonds is 3. The number of pyridine rings is 1. The Morgan fingerprint density at radius 1 is 1.39 bits per heavy atom. The molecule has 0 radical (unpaired) electrons. The van der Waals surface area contributed by atoms with Crippen LogP contribution in [0.1, 0.15) is 6.92 Å². The molecule has 2 N–H and O–H groups in total. The number of nitrogens with zero attached hydrogens (tertiary/aromatic N) is 4. The Labute approximate surface area is 104 Å². The molecule has 92 valence electrons. The average molecular weight is 242 g/mol. The average Bonchev–Trinajstić information content (AvgIpc) is 2.96. The first kappa shape index (κ1) is 10.8. The Kier molecular flexibility index (Phi) is 2.47. The van der Waals surface area contributed by atoms with Crippen molar-refractivity contribution >= 4 is 16.7 Å². The summed E-state index contributed by atoms with van der Waals surface area (Å²) in [6, 6.07) is 1.91. The third-order valence-corrected chi connectivity index (χ3v) is 2.77. The van der Waals surface area contributed by atoms with Crippen LogP contribution in [0.25, 0.3) is 22.3 Å². The number of hydrogen-bond acceptors (Lipinski definition) is 4. The molecular weight excluding hydrogens is 228 g/mol. The van der Waals surface area contributed by atoms with E-state index in [1.54, 1.807) is 12.5 Å². The Balaban J connectivity index is 2.23. The van der Waals surface area contributed by atoms with E-state index < -0.39 is 0 Å². The van der Waals surface area contributed by atoms with Gasteiger partial charge >= 0.3 is 0 Å². The highest BCUT2D eigenvalue weighted by molar-refractivity contribution is 5.99. The van der Waals surface area contributed by atoms with Gasteiger partial charge in [-0.1, -0.05) is 0 Å². The Morgan fingerprint density at radius 2 is 2.28 bits per heavy atom. The topological polar surface area (TPSA) is 71.4 Å². The van der Waals surface area contributed by atoms with Crippen molar-refractivity contribution in [2.75, 3.05) is 11.9 Å². The molecule has 6 nitrogen and oxygen atoms in total. The van der Waals surface area contributed by atoms with Crippen molar-refractivity contribution < 1.29 is 0 Å². The molecule has 0 aliphatic rings. The molecule has 3 rings (SSSR count). The second-order valence-electron chi connectivity index (χ2n) is 4.11. The van der Waals surface area contributed by atoms with E-state index in [-0.39, 0.29) is 0 Å². The Bertz CT molecular complexity index is 681. The van der Waals surface area contributed by atoms with Crippen LogP contribution in [-0.2, 0) is 7.05 Å². The van der Waals surface area contributed by atoms with E-state index in [0.717, 1.165) is 34.7 Å². The van der Waals surface area contributed by atoms with Crippen LogP contribution in [0.5, 0.6) is 0 Å². The highest BCUT2D eigenvalue weighted by atomic mass is 15.1. The first-order chi connectivity index (χ1) is 8.79. The molecule has 0 aliphatic heterocycles. The monoisotopic (exact) mass is 242 g/mol. The third kappa shape index (κ3) is 1.62. The van der Waals surface area contributed by atoms with E-state index in [9.17, 15) is 0 Å². The van der Waals surface area contributed by atoms with Gasteiger partial charge in [-0.3, -0.25) is 5.10 Å². The molecule has 0 unspecified atom stereocenters. The maximum Gasteiger partial charge on any atom is 0.137 e. The van der Waals surface area contributed by atoms with Crippen LogP contribution >= 0.6 is 0 Å². The molecule has 0 saturated heterocycles. The van der Waals surface area contributed by atoms with Gasteiger partial charge in [-0.25, -0.2) is 9.97 Å². The summed E-state index contributed by atoms with van der Waals surface area (Å²) in [5, 5.41) is 11.6. The number of aryl methyl sites for hydroxylation is 1. The van der Waals surface area contributed by atoms with Crippen molar-refractivity contribution in [1.29, 1.82) is 0 Å². The number of hydrogen-bond donors (Lipinski definition) is 2. The summed E-state index contributed by atoms with van der Waals surface area (Å²) >= 11 is 0. The van der Waals surface area contributed by atoms with Crippen molar-refractivity contribution in [2.24, 2.45) is 7.05 Å². The SMILES string of the molecule is CCNc1nccc2[nH]nc(-c3cn(C)cn3)c12. The summed E-state index contributed by atoms with van der Waals surface area (Å²) in [5.41, 5.74) is 2.63. The van der Waals surface area contributed by atoms with Crippen LogP contribution < -0.4 is 5.32 Å². The zero-order valence-corrected chi connectivity index (χ0v) is 10.3. The van der Waals surface area contributed by atoms with Gasteiger partial charge in [0.1, 0.15) is 17.2 Å². The fraction of sp³-hybridized carbons (Fsp3) is 0.250. The lowest BCUT2D eigenvalue weighted by Crippen LogP contribution is -1.99. The predicted octanol–water partition coefficient (Wildman–Crippen LogP) is 1.79. The third-order valence-electron chi connectivity index (χ3n) is 2.77. The first-order valence-electron chi connectivity index (χ1n) is 5.85. The number of imidazole rings is 1. The zero-order chi connectivity index (χ0) is 12.5. The number of aromatic amines is 1. The fourth-order valence-corrected chi connectivity index (χ4v) is 1.99. The van der Waals surface area contributed by atoms with Crippen molar-refractivity contribution in [2.45, 2.75) is 6.92 Å². The molecule has 18 heavy (non-hydrogen) atoms. The standard InChI is InChI=1S/C12H14N6/c1-3-13-12-10-8(4-5-14-12)16-17-11(10)9-6-18(2)7-15-9/h4-7H,3H2,1-2H3,(H,13,14)(H,16,17). The number of fused-ring (bicyclic) bond motifs is 1. The lowest BCUT2D eigenvalue weighted by atomic mass is 10.2. The summed E-state index contributed by atoms with van der Waals surface area (Å²) < 4.78 is 1.90. The Hall–Kier alpha value is -2.37. The minimum Gasteiger partial charge on any atom is -0.370 e. The van der Waals surface area contributed by atoms with Crippen molar-refractivity contribution in [3.8, 4) is 11.4 Å². The van der Waals surface area contributed by atoms with Crippen LogP contribution in [-0.4, -0.2) is 31.3 Å². The van der Waals surface area contributed by atoms with Crippen molar-refractivity contribution in [3.63, 3.8) is 0 Å². The molecule has 3 heterocycles. The van der Waals surface area contributed by atoms with Gasteiger partial charge in [-0.2, -0.15) is 5.10 Å². The van der Waals surface area contributed by atoms with Gasteiger partial charge in [0, 0.05) is 26.0 Å². The number of anilines is 1. The van der Waals surface area contributed by atoms with Crippen LogP contribution in [0.15, 0.2) is 24.8 Å². The lowest BCUT2D eigenvalue weighted by molar-refractivity contribution is 0.913. The van der Waals surface area contributed by atoms with E-state index in [0.29, 0.717) is 0 Å². The summed E-state index contributed by atoms with van der Waals surface area (Å²) in [6.07, 6.45) is 5.47. The van der Waals surface area contributed by atoms with E-state index in [1.807, 2.05) is 30.8 Å². The van der Waals surface area contributed by atoms with Gasteiger partial charge in [0.15, 0.2) is 0 Å². The van der Waals surface area contributed by atoms with Gasteiger partial charge < -0.3 is 9.88 Å². The van der Waals surface area contributed by atoms with Crippen LogP contribution in [0, 0.1) is 0 Å². The molecule has 0 fully saturated rings. The quantitative estimate of drug-likeness (QED) is 0.734. The molecule has 0 spiro atoms. The highest BCUT2D eigenvalue weighted by Crippen LogP contribution is 2.29. The molecule has 0 atom stereocenters. The zero-order valence-electron chi connectivity index (χ0n) is 10.3. The van der Waals surface area contributed by atoms with Crippen LogP contribution in [0.4, 0.5) is 5.82 Å². The minimum absolute atomic E-state index is 0.818. The summed E-state index contributed by atoms with van der Waals surface area (Å²) in [7, 11) is 1.94. The number of nitrogens with one attached hydrogen (secondary N) is 2.